The van der Waals surface area contributed by atoms with Crippen LogP contribution in [-0.2, 0) is 11.2 Å². The molecule has 0 aromatic heterocycles. The van der Waals surface area contributed by atoms with Gasteiger partial charge in [0.05, 0.1) is 7.11 Å². The lowest BCUT2D eigenvalue weighted by Crippen LogP contribution is -2.00. The van der Waals surface area contributed by atoms with Crippen molar-refractivity contribution in [2.24, 2.45) is 5.92 Å². The molecule has 3 nitrogen and oxygen atoms in total. The smallest absolute Gasteiger partial charge is 0.160 e. The number of rotatable bonds is 10. The number of aryl methyl sites for hydroxylation is 1. The molecule has 0 aliphatic rings. The van der Waals surface area contributed by atoms with Gasteiger partial charge in [-0.1, -0.05) is 32.1 Å². The predicted molar refractivity (Wildman–Crippen MR) is 90.4 cm³/mol. The van der Waals surface area contributed by atoms with Gasteiger partial charge in [-0.3, -0.25) is 4.79 Å². The van der Waals surface area contributed by atoms with Gasteiger partial charge in [0.2, 0.25) is 0 Å². The SMILES string of the molecule is COc1cc(CCC(=O)CCCC/C=C/C(C)C)ccc1O. The highest BCUT2D eigenvalue weighted by Crippen LogP contribution is 2.26. The molecule has 122 valence electrons. The summed E-state index contributed by atoms with van der Waals surface area (Å²) < 4.78 is 5.07. The first-order chi connectivity index (χ1) is 10.5. The molecule has 0 spiro atoms. The van der Waals surface area contributed by atoms with Gasteiger partial charge in [-0.2, -0.15) is 0 Å². The van der Waals surface area contributed by atoms with Crippen molar-refractivity contribution in [2.45, 2.75) is 52.4 Å². The van der Waals surface area contributed by atoms with Crippen LogP contribution in [0.1, 0.15) is 51.5 Å². The zero-order valence-electron chi connectivity index (χ0n) is 14.0. The van der Waals surface area contributed by atoms with Crippen molar-refractivity contribution >= 4 is 5.78 Å². The first kappa shape index (κ1) is 18.3. The van der Waals surface area contributed by atoms with E-state index in [-0.39, 0.29) is 5.75 Å². The van der Waals surface area contributed by atoms with Crippen LogP contribution in [-0.4, -0.2) is 18.0 Å². The second-order valence-corrected chi connectivity index (χ2v) is 5.96. The van der Waals surface area contributed by atoms with Crippen LogP contribution in [0.3, 0.4) is 0 Å². The molecule has 0 atom stereocenters. The Kier molecular flexibility index (Phi) is 8.34. The number of hydrogen-bond donors (Lipinski definition) is 1. The minimum atomic E-state index is 0.132. The highest BCUT2D eigenvalue weighted by atomic mass is 16.5. The maximum Gasteiger partial charge on any atom is 0.160 e. The number of carbonyl (C=O) groups is 1. The Balaban J connectivity index is 2.23. The van der Waals surface area contributed by atoms with Crippen molar-refractivity contribution in [1.29, 1.82) is 0 Å². The van der Waals surface area contributed by atoms with E-state index in [9.17, 15) is 9.90 Å². The summed E-state index contributed by atoms with van der Waals surface area (Å²) in [6, 6.07) is 5.24. The van der Waals surface area contributed by atoms with Gasteiger partial charge in [-0.05, 0) is 49.3 Å². The first-order valence-corrected chi connectivity index (χ1v) is 8.07. The summed E-state index contributed by atoms with van der Waals surface area (Å²) in [6.07, 6.45) is 9.41. The van der Waals surface area contributed by atoms with E-state index in [2.05, 4.69) is 26.0 Å². The number of ether oxygens (including phenoxy) is 1. The van der Waals surface area contributed by atoms with Gasteiger partial charge in [0, 0.05) is 12.8 Å². The lowest BCUT2D eigenvalue weighted by atomic mass is 10.0. The number of phenolic OH excluding ortho intramolecular Hbond substituents is 1. The first-order valence-electron chi connectivity index (χ1n) is 8.07. The number of Topliss-reactive ketones (excluding diaryl/α,β-unsaturated/α-hetero) is 1. The van der Waals surface area contributed by atoms with Gasteiger partial charge in [0.25, 0.3) is 0 Å². The number of allylic oxidation sites excluding steroid dienone is 2. The number of methoxy groups -OCH3 is 1. The van der Waals surface area contributed by atoms with Crippen molar-refractivity contribution < 1.29 is 14.6 Å². The van der Waals surface area contributed by atoms with Crippen molar-refractivity contribution in [2.75, 3.05) is 7.11 Å². The van der Waals surface area contributed by atoms with Crippen LogP contribution in [0.25, 0.3) is 0 Å². The van der Waals surface area contributed by atoms with E-state index in [0.29, 0.717) is 36.7 Å². The van der Waals surface area contributed by atoms with Crippen molar-refractivity contribution in [3.05, 3.63) is 35.9 Å². The second kappa shape index (κ2) is 10.0. The van der Waals surface area contributed by atoms with Crippen molar-refractivity contribution in [3.8, 4) is 11.5 Å². The Hall–Kier alpha value is -1.77. The Labute approximate surface area is 134 Å². The molecule has 1 aromatic rings. The van der Waals surface area contributed by atoms with Crippen LogP contribution in [0.2, 0.25) is 0 Å². The third kappa shape index (κ3) is 7.30. The molecule has 22 heavy (non-hydrogen) atoms. The van der Waals surface area contributed by atoms with Gasteiger partial charge < -0.3 is 9.84 Å². The molecule has 0 fully saturated rings. The summed E-state index contributed by atoms with van der Waals surface area (Å²) in [5, 5.41) is 9.54. The molecule has 0 saturated carbocycles. The lowest BCUT2D eigenvalue weighted by Gasteiger charge is -2.06. The number of unbranched alkanes of at least 4 members (excludes halogenated alkanes) is 2. The maximum atomic E-state index is 11.9. The lowest BCUT2D eigenvalue weighted by molar-refractivity contribution is -0.119. The molecule has 0 aliphatic heterocycles. The summed E-state index contributed by atoms with van der Waals surface area (Å²) >= 11 is 0. The fourth-order valence-corrected chi connectivity index (χ4v) is 2.24. The quantitative estimate of drug-likeness (QED) is 0.504. The van der Waals surface area contributed by atoms with Gasteiger partial charge in [0.1, 0.15) is 5.78 Å². The minimum absolute atomic E-state index is 0.132. The molecule has 3 heteroatoms. The molecule has 1 aromatic carbocycles. The average Bonchev–Trinajstić information content (AvgIpc) is 2.49. The van der Waals surface area contributed by atoms with Crippen LogP contribution in [0.5, 0.6) is 11.5 Å². The number of phenols is 1. The molecule has 0 bridgehead atoms. The Bertz CT molecular complexity index is 489. The Morgan fingerprint density at radius 1 is 1.27 bits per heavy atom. The van der Waals surface area contributed by atoms with E-state index in [4.69, 9.17) is 4.74 Å². The number of benzene rings is 1. The summed E-state index contributed by atoms with van der Waals surface area (Å²) in [7, 11) is 1.53. The molecular formula is C19H28O3. The summed E-state index contributed by atoms with van der Waals surface area (Å²) in [5.74, 6) is 1.50. The third-order valence-electron chi connectivity index (χ3n) is 3.53. The standard InChI is InChI=1S/C19H28O3/c1-15(2)8-6-4-5-7-9-17(20)12-10-16-11-13-18(21)19(14-16)22-3/h6,8,11,13-15,21H,4-5,7,9-10,12H2,1-3H3/b8-6+. The predicted octanol–water partition coefficient (Wildman–Crippen LogP) is 4.68. The summed E-state index contributed by atoms with van der Waals surface area (Å²) in [6.45, 7) is 4.33. The summed E-state index contributed by atoms with van der Waals surface area (Å²) in [4.78, 5) is 11.9. The molecular weight excluding hydrogens is 276 g/mol. The number of hydrogen-bond acceptors (Lipinski definition) is 3. The van der Waals surface area contributed by atoms with E-state index in [1.165, 1.54) is 7.11 Å². The van der Waals surface area contributed by atoms with E-state index in [1.54, 1.807) is 12.1 Å². The highest BCUT2D eigenvalue weighted by Gasteiger charge is 2.06. The van der Waals surface area contributed by atoms with Crippen LogP contribution in [0.4, 0.5) is 0 Å². The molecule has 0 radical (unpaired) electrons. The zero-order chi connectivity index (χ0) is 16.4. The number of carbonyl (C=O) groups excluding carboxylic acids is 1. The minimum Gasteiger partial charge on any atom is -0.504 e. The Morgan fingerprint density at radius 3 is 2.73 bits per heavy atom. The monoisotopic (exact) mass is 304 g/mol. The van der Waals surface area contributed by atoms with E-state index < -0.39 is 0 Å². The van der Waals surface area contributed by atoms with Crippen molar-refractivity contribution in [1.82, 2.24) is 0 Å². The average molecular weight is 304 g/mol. The van der Waals surface area contributed by atoms with E-state index in [1.807, 2.05) is 6.07 Å². The van der Waals surface area contributed by atoms with Crippen LogP contribution in [0.15, 0.2) is 30.4 Å². The second-order valence-electron chi connectivity index (χ2n) is 5.96. The molecule has 1 rings (SSSR count). The molecule has 1 N–H and O–H groups in total. The van der Waals surface area contributed by atoms with Gasteiger partial charge in [-0.15, -0.1) is 0 Å². The molecule has 0 saturated heterocycles. The van der Waals surface area contributed by atoms with Crippen LogP contribution in [0, 0.1) is 5.92 Å². The third-order valence-corrected chi connectivity index (χ3v) is 3.53. The van der Waals surface area contributed by atoms with E-state index >= 15 is 0 Å². The maximum absolute atomic E-state index is 11.9. The fraction of sp³-hybridized carbons (Fsp3) is 0.526. The van der Waals surface area contributed by atoms with E-state index in [0.717, 1.165) is 24.8 Å². The fourth-order valence-electron chi connectivity index (χ4n) is 2.24. The molecule has 0 aliphatic carbocycles. The van der Waals surface area contributed by atoms with Gasteiger partial charge in [-0.25, -0.2) is 0 Å². The topological polar surface area (TPSA) is 46.5 Å². The Morgan fingerprint density at radius 2 is 2.05 bits per heavy atom. The molecule has 0 heterocycles. The molecule has 0 unspecified atom stereocenters. The zero-order valence-corrected chi connectivity index (χ0v) is 14.0. The van der Waals surface area contributed by atoms with Crippen LogP contribution < -0.4 is 4.74 Å². The van der Waals surface area contributed by atoms with Gasteiger partial charge >= 0.3 is 0 Å². The van der Waals surface area contributed by atoms with Gasteiger partial charge in [0.15, 0.2) is 11.5 Å². The van der Waals surface area contributed by atoms with Crippen molar-refractivity contribution in [3.63, 3.8) is 0 Å². The number of aromatic hydroxyl groups is 1. The summed E-state index contributed by atoms with van der Waals surface area (Å²) in [5.41, 5.74) is 1.02. The molecule has 0 amide bonds. The number of ketones is 1. The van der Waals surface area contributed by atoms with Crippen LogP contribution >= 0.6 is 0 Å². The normalized spacial score (nSPS) is 11.3. The highest BCUT2D eigenvalue weighted by molar-refractivity contribution is 5.78. The largest absolute Gasteiger partial charge is 0.504 e.